The summed E-state index contributed by atoms with van der Waals surface area (Å²) in [5, 5.41) is 13.4. The standard InChI is InChI=1S/C19H17ClN2O4/c1-26-16-5-3-11(20)9-12(16)10-2-4-14-13(8-10)19(25)22-7-6-15(23)17(22)18(24)21-14/h2-5,8-9,15,17,23H,6-7H2,1H3,(H,21,24). The molecular weight excluding hydrogens is 356 g/mol. The van der Waals surface area contributed by atoms with Crippen molar-refractivity contribution in [2.75, 3.05) is 19.0 Å². The number of hydrogen-bond acceptors (Lipinski definition) is 4. The first-order chi connectivity index (χ1) is 12.5. The number of halogens is 1. The van der Waals surface area contributed by atoms with Crippen LogP contribution in [0.25, 0.3) is 11.1 Å². The molecule has 0 bridgehead atoms. The molecule has 2 aromatic carbocycles. The third kappa shape index (κ3) is 2.62. The van der Waals surface area contributed by atoms with E-state index < -0.39 is 12.1 Å². The van der Waals surface area contributed by atoms with Crippen LogP contribution in [0.2, 0.25) is 5.02 Å². The highest BCUT2D eigenvalue weighted by atomic mass is 35.5. The number of aliphatic hydroxyl groups excluding tert-OH is 1. The van der Waals surface area contributed by atoms with Crippen molar-refractivity contribution in [3.05, 3.63) is 47.0 Å². The van der Waals surface area contributed by atoms with Crippen LogP contribution in [0.5, 0.6) is 5.75 Å². The third-order valence-corrected chi connectivity index (χ3v) is 5.11. The number of rotatable bonds is 2. The van der Waals surface area contributed by atoms with Crippen molar-refractivity contribution in [3.8, 4) is 16.9 Å². The number of carbonyl (C=O) groups excluding carboxylic acids is 2. The third-order valence-electron chi connectivity index (χ3n) is 4.88. The van der Waals surface area contributed by atoms with Gasteiger partial charge in [0.15, 0.2) is 0 Å². The molecule has 2 aliphatic rings. The molecule has 2 heterocycles. The van der Waals surface area contributed by atoms with E-state index in [4.69, 9.17) is 16.3 Å². The van der Waals surface area contributed by atoms with E-state index in [2.05, 4.69) is 5.32 Å². The molecule has 26 heavy (non-hydrogen) atoms. The number of ether oxygens (including phenoxy) is 1. The van der Waals surface area contributed by atoms with Gasteiger partial charge in [-0.25, -0.2) is 0 Å². The molecule has 2 aromatic rings. The molecule has 0 aromatic heterocycles. The van der Waals surface area contributed by atoms with Gasteiger partial charge in [0.1, 0.15) is 11.8 Å². The van der Waals surface area contributed by atoms with Crippen LogP contribution in [-0.4, -0.2) is 47.6 Å². The first-order valence-corrected chi connectivity index (χ1v) is 8.65. The van der Waals surface area contributed by atoms with Crippen molar-refractivity contribution in [2.45, 2.75) is 18.6 Å². The predicted octanol–water partition coefficient (Wildman–Crippen LogP) is 2.54. The Kier molecular flexibility index (Phi) is 4.09. The molecule has 1 fully saturated rings. The Labute approximate surface area is 155 Å². The fourth-order valence-corrected chi connectivity index (χ4v) is 3.76. The monoisotopic (exact) mass is 372 g/mol. The summed E-state index contributed by atoms with van der Waals surface area (Å²) in [5.41, 5.74) is 2.33. The molecule has 6 nitrogen and oxygen atoms in total. The second kappa shape index (κ2) is 6.30. The zero-order valence-corrected chi connectivity index (χ0v) is 14.8. The molecule has 4 rings (SSSR count). The first kappa shape index (κ1) is 16.9. The van der Waals surface area contributed by atoms with Gasteiger partial charge in [-0.05, 0) is 42.3 Å². The van der Waals surface area contributed by atoms with Gasteiger partial charge in [0, 0.05) is 17.1 Å². The number of amides is 2. The minimum atomic E-state index is -0.848. The van der Waals surface area contributed by atoms with Crippen molar-refractivity contribution >= 4 is 29.1 Å². The van der Waals surface area contributed by atoms with Gasteiger partial charge in [0.2, 0.25) is 5.91 Å². The maximum atomic E-state index is 13.0. The number of nitrogens with zero attached hydrogens (tertiary/aromatic N) is 1. The molecule has 2 aliphatic heterocycles. The van der Waals surface area contributed by atoms with Crippen LogP contribution in [0.1, 0.15) is 16.8 Å². The molecule has 0 spiro atoms. The minimum absolute atomic E-state index is 0.275. The molecular formula is C19H17ClN2O4. The quantitative estimate of drug-likeness (QED) is 0.849. The Balaban J connectivity index is 1.82. The van der Waals surface area contributed by atoms with Crippen LogP contribution in [0.15, 0.2) is 36.4 Å². The number of hydrogen-bond donors (Lipinski definition) is 2. The number of nitrogens with one attached hydrogen (secondary N) is 1. The normalized spacial score (nSPS) is 21.7. The number of anilines is 1. The number of aliphatic hydroxyl groups is 1. The second-order valence-electron chi connectivity index (χ2n) is 6.39. The van der Waals surface area contributed by atoms with Gasteiger partial charge in [-0.2, -0.15) is 0 Å². The molecule has 0 radical (unpaired) electrons. The fourth-order valence-electron chi connectivity index (χ4n) is 3.59. The largest absolute Gasteiger partial charge is 0.496 e. The van der Waals surface area contributed by atoms with Crippen LogP contribution in [0.4, 0.5) is 5.69 Å². The molecule has 2 atom stereocenters. The van der Waals surface area contributed by atoms with E-state index in [9.17, 15) is 14.7 Å². The second-order valence-corrected chi connectivity index (χ2v) is 6.83. The minimum Gasteiger partial charge on any atom is -0.496 e. The topological polar surface area (TPSA) is 78.9 Å². The summed E-state index contributed by atoms with van der Waals surface area (Å²) in [6.07, 6.45) is -0.457. The van der Waals surface area contributed by atoms with E-state index in [1.807, 2.05) is 0 Å². The van der Waals surface area contributed by atoms with Gasteiger partial charge in [-0.15, -0.1) is 0 Å². The molecule has 2 N–H and O–H groups in total. The van der Waals surface area contributed by atoms with Crippen LogP contribution in [-0.2, 0) is 4.79 Å². The average molecular weight is 373 g/mol. The van der Waals surface area contributed by atoms with E-state index in [1.54, 1.807) is 43.5 Å². The van der Waals surface area contributed by atoms with Crippen LogP contribution in [0.3, 0.4) is 0 Å². The van der Waals surface area contributed by atoms with Crippen molar-refractivity contribution < 1.29 is 19.4 Å². The van der Waals surface area contributed by atoms with E-state index in [0.717, 1.165) is 11.1 Å². The highest BCUT2D eigenvalue weighted by molar-refractivity contribution is 6.31. The molecule has 7 heteroatoms. The smallest absolute Gasteiger partial charge is 0.256 e. The summed E-state index contributed by atoms with van der Waals surface area (Å²) in [6.45, 7) is 0.349. The van der Waals surface area contributed by atoms with Crippen molar-refractivity contribution in [1.29, 1.82) is 0 Å². The van der Waals surface area contributed by atoms with Crippen molar-refractivity contribution in [3.63, 3.8) is 0 Å². The fraction of sp³-hybridized carbons (Fsp3) is 0.263. The number of methoxy groups -OCH3 is 1. The Bertz CT molecular complexity index is 914. The van der Waals surface area contributed by atoms with Gasteiger partial charge in [-0.3, -0.25) is 9.59 Å². The highest BCUT2D eigenvalue weighted by Gasteiger charge is 2.44. The van der Waals surface area contributed by atoms with E-state index >= 15 is 0 Å². The van der Waals surface area contributed by atoms with Crippen LogP contribution >= 0.6 is 11.6 Å². The summed E-state index contributed by atoms with van der Waals surface area (Å²) >= 11 is 6.11. The van der Waals surface area contributed by atoms with E-state index in [0.29, 0.717) is 35.0 Å². The zero-order chi connectivity index (χ0) is 18.4. The van der Waals surface area contributed by atoms with E-state index in [1.165, 1.54) is 4.90 Å². The highest BCUT2D eigenvalue weighted by Crippen LogP contribution is 2.36. The molecule has 0 aliphatic carbocycles. The van der Waals surface area contributed by atoms with Gasteiger partial charge < -0.3 is 20.1 Å². The first-order valence-electron chi connectivity index (χ1n) is 8.27. The summed E-state index contributed by atoms with van der Waals surface area (Å²) < 4.78 is 5.39. The molecule has 0 saturated carbocycles. The zero-order valence-electron chi connectivity index (χ0n) is 14.0. The number of carbonyl (C=O) groups is 2. The Morgan fingerprint density at radius 2 is 2.00 bits per heavy atom. The molecule has 2 amide bonds. The van der Waals surface area contributed by atoms with Gasteiger partial charge >= 0.3 is 0 Å². The summed E-state index contributed by atoms with van der Waals surface area (Å²) in [4.78, 5) is 26.8. The SMILES string of the molecule is COc1ccc(Cl)cc1-c1ccc2c(c1)C(=O)N1CCC(O)C1C(=O)N2. The summed E-state index contributed by atoms with van der Waals surface area (Å²) in [6, 6.07) is 9.63. The lowest BCUT2D eigenvalue weighted by atomic mass is 10.0. The molecule has 134 valence electrons. The predicted molar refractivity (Wildman–Crippen MR) is 97.5 cm³/mol. The Morgan fingerprint density at radius 3 is 2.77 bits per heavy atom. The summed E-state index contributed by atoms with van der Waals surface area (Å²) in [7, 11) is 1.57. The average Bonchev–Trinajstić information content (AvgIpc) is 2.98. The Morgan fingerprint density at radius 1 is 1.19 bits per heavy atom. The van der Waals surface area contributed by atoms with Crippen LogP contribution < -0.4 is 10.1 Å². The summed E-state index contributed by atoms with van der Waals surface area (Å²) in [5.74, 6) is -0.00754. The Hall–Kier alpha value is -2.57. The lowest BCUT2D eigenvalue weighted by Gasteiger charge is -2.21. The maximum absolute atomic E-state index is 13.0. The number of benzene rings is 2. The lowest BCUT2D eigenvalue weighted by Crippen LogP contribution is -2.45. The van der Waals surface area contributed by atoms with Gasteiger partial charge in [-0.1, -0.05) is 17.7 Å². The number of fused-ring (bicyclic) bond motifs is 2. The lowest BCUT2D eigenvalue weighted by molar-refractivity contribution is -0.121. The van der Waals surface area contributed by atoms with Gasteiger partial charge in [0.25, 0.3) is 5.91 Å². The van der Waals surface area contributed by atoms with Crippen LogP contribution in [0, 0.1) is 0 Å². The van der Waals surface area contributed by atoms with Gasteiger partial charge in [0.05, 0.1) is 24.5 Å². The van der Waals surface area contributed by atoms with E-state index in [-0.39, 0.29) is 11.8 Å². The molecule has 1 saturated heterocycles. The van der Waals surface area contributed by atoms with Crippen molar-refractivity contribution in [1.82, 2.24) is 4.90 Å². The molecule has 2 unspecified atom stereocenters. The maximum Gasteiger partial charge on any atom is 0.256 e. The van der Waals surface area contributed by atoms with Crippen molar-refractivity contribution in [2.24, 2.45) is 0 Å².